The van der Waals surface area contributed by atoms with Gasteiger partial charge in [-0.1, -0.05) is 0 Å². The average Bonchev–Trinajstić information content (AvgIpc) is 2.16. The van der Waals surface area contributed by atoms with E-state index in [0.29, 0.717) is 0 Å². The molecule has 0 unspecified atom stereocenters. The molecule has 0 aliphatic rings. The van der Waals surface area contributed by atoms with Gasteiger partial charge in [0.05, 0.1) is 19.1 Å². The van der Waals surface area contributed by atoms with E-state index < -0.39 is 23.9 Å². The van der Waals surface area contributed by atoms with Crippen molar-refractivity contribution in [2.75, 3.05) is 13.2 Å². The second-order valence-corrected chi connectivity index (χ2v) is 2.82. The largest absolute Gasteiger partial charge is 0.466 e. The number of ether oxygens (including phenoxy) is 2. The predicted molar refractivity (Wildman–Crippen MR) is 60.7 cm³/mol. The molecule has 0 rings (SSSR count). The minimum Gasteiger partial charge on any atom is -0.466 e. The summed E-state index contributed by atoms with van der Waals surface area (Å²) in [4.78, 5) is 22.3. The monoisotopic (exact) mass is 283 g/mol. The molecule has 0 radical (unpaired) electrons. The van der Waals surface area contributed by atoms with Crippen molar-refractivity contribution in [1.82, 2.24) is 0 Å². The van der Waals surface area contributed by atoms with Crippen LogP contribution in [-0.4, -0.2) is 31.2 Å². The third-order valence-corrected chi connectivity index (χ3v) is 1.76. The van der Waals surface area contributed by atoms with Gasteiger partial charge in [0.2, 0.25) is 0 Å². The molecule has 0 amide bonds. The van der Waals surface area contributed by atoms with Crippen LogP contribution in [0.15, 0.2) is 0 Å². The van der Waals surface area contributed by atoms with Gasteiger partial charge in [0.15, 0.2) is 0 Å². The second-order valence-electron chi connectivity index (χ2n) is 2.82. The summed E-state index contributed by atoms with van der Waals surface area (Å²) in [5.41, 5.74) is 5.50. The third-order valence-electron chi connectivity index (χ3n) is 1.76. The van der Waals surface area contributed by atoms with Crippen molar-refractivity contribution in [3.05, 3.63) is 0 Å². The highest BCUT2D eigenvalue weighted by atomic mass is 79.9. The molecule has 0 heterocycles. The summed E-state index contributed by atoms with van der Waals surface area (Å²) in [6.45, 7) is 5.44. The van der Waals surface area contributed by atoms with E-state index in [1.54, 1.807) is 20.8 Å². The summed E-state index contributed by atoms with van der Waals surface area (Å²) in [5.74, 6) is -1.73. The van der Waals surface area contributed by atoms with Gasteiger partial charge in [0.1, 0.15) is 6.04 Å². The van der Waals surface area contributed by atoms with Crippen LogP contribution in [0.4, 0.5) is 0 Å². The molecular formula is C9H18BrNO4. The Hall–Kier alpha value is -0.620. The molecule has 0 fully saturated rings. The van der Waals surface area contributed by atoms with Gasteiger partial charge in [-0.25, -0.2) is 0 Å². The third kappa shape index (κ3) is 5.74. The normalized spacial score (nSPS) is 13.3. The number of hydrogen-bond donors (Lipinski definition) is 1. The minimum absolute atomic E-state index is 0. The number of esters is 2. The standard InChI is InChI=1S/C9H17NO4.BrH/c1-4-13-8(11)6(3)7(10)9(12)14-5-2;/h6-7H,4-5,10H2,1-3H3;1H/t6-,7-;/m0./s1. The van der Waals surface area contributed by atoms with Gasteiger partial charge in [-0.3, -0.25) is 9.59 Å². The molecule has 0 saturated carbocycles. The van der Waals surface area contributed by atoms with Crippen molar-refractivity contribution < 1.29 is 19.1 Å². The Morgan fingerprint density at radius 1 is 1.13 bits per heavy atom. The summed E-state index contributed by atoms with van der Waals surface area (Å²) >= 11 is 0. The van der Waals surface area contributed by atoms with Crippen molar-refractivity contribution in [3.63, 3.8) is 0 Å². The molecule has 5 nitrogen and oxygen atoms in total. The van der Waals surface area contributed by atoms with E-state index in [1.807, 2.05) is 0 Å². The Bertz CT molecular complexity index is 188. The van der Waals surface area contributed by atoms with Crippen LogP contribution < -0.4 is 5.73 Å². The fourth-order valence-electron chi connectivity index (χ4n) is 0.863. The Morgan fingerprint density at radius 2 is 1.53 bits per heavy atom. The lowest BCUT2D eigenvalue weighted by atomic mass is 10.0. The van der Waals surface area contributed by atoms with Crippen molar-refractivity contribution >= 4 is 28.9 Å². The van der Waals surface area contributed by atoms with E-state index in [2.05, 4.69) is 4.74 Å². The maximum Gasteiger partial charge on any atom is 0.323 e. The highest BCUT2D eigenvalue weighted by Gasteiger charge is 2.28. The zero-order valence-corrected chi connectivity index (χ0v) is 10.9. The quantitative estimate of drug-likeness (QED) is 0.750. The summed E-state index contributed by atoms with van der Waals surface area (Å²) < 4.78 is 9.41. The van der Waals surface area contributed by atoms with Crippen LogP contribution in [0.25, 0.3) is 0 Å². The number of carbonyl (C=O) groups excluding carboxylic acids is 2. The predicted octanol–water partition coefficient (Wildman–Crippen LogP) is 0.654. The zero-order valence-electron chi connectivity index (χ0n) is 9.19. The van der Waals surface area contributed by atoms with Gasteiger partial charge in [0, 0.05) is 0 Å². The Kier molecular flexibility index (Phi) is 9.71. The molecule has 0 aromatic rings. The summed E-state index contributed by atoms with van der Waals surface area (Å²) in [7, 11) is 0. The lowest BCUT2D eigenvalue weighted by Crippen LogP contribution is -2.42. The SMILES string of the molecule is Br.CCOC(=O)[C@@H](C)[C@H](N)C(=O)OCC. The van der Waals surface area contributed by atoms with Gasteiger partial charge < -0.3 is 15.2 Å². The molecule has 0 spiro atoms. The summed E-state index contributed by atoms with van der Waals surface area (Å²) in [6, 6.07) is -0.950. The van der Waals surface area contributed by atoms with E-state index in [1.165, 1.54) is 0 Å². The highest BCUT2D eigenvalue weighted by Crippen LogP contribution is 2.05. The summed E-state index contributed by atoms with van der Waals surface area (Å²) in [6.07, 6.45) is 0. The lowest BCUT2D eigenvalue weighted by molar-refractivity contribution is -0.155. The molecule has 90 valence electrons. The van der Waals surface area contributed by atoms with Gasteiger partial charge in [0.25, 0.3) is 0 Å². The van der Waals surface area contributed by atoms with E-state index in [4.69, 9.17) is 10.5 Å². The topological polar surface area (TPSA) is 78.6 Å². The highest BCUT2D eigenvalue weighted by molar-refractivity contribution is 8.93. The molecule has 0 aliphatic heterocycles. The minimum atomic E-state index is -0.950. The first-order chi connectivity index (χ1) is 6.54. The van der Waals surface area contributed by atoms with Crippen LogP contribution in [-0.2, 0) is 19.1 Å². The fraction of sp³-hybridized carbons (Fsp3) is 0.778. The number of carbonyl (C=O) groups is 2. The molecule has 2 atom stereocenters. The molecule has 0 aromatic heterocycles. The first-order valence-corrected chi connectivity index (χ1v) is 4.63. The number of rotatable bonds is 5. The first-order valence-electron chi connectivity index (χ1n) is 4.63. The molecule has 15 heavy (non-hydrogen) atoms. The zero-order chi connectivity index (χ0) is 11.1. The Balaban J connectivity index is 0. The van der Waals surface area contributed by atoms with E-state index in [9.17, 15) is 9.59 Å². The van der Waals surface area contributed by atoms with Crippen molar-refractivity contribution in [2.24, 2.45) is 11.7 Å². The van der Waals surface area contributed by atoms with Gasteiger partial charge in [-0.2, -0.15) is 0 Å². The molecule has 0 bridgehead atoms. The van der Waals surface area contributed by atoms with Gasteiger partial charge in [-0.05, 0) is 20.8 Å². The van der Waals surface area contributed by atoms with E-state index in [-0.39, 0.29) is 30.2 Å². The van der Waals surface area contributed by atoms with Crippen LogP contribution in [0.2, 0.25) is 0 Å². The van der Waals surface area contributed by atoms with Gasteiger partial charge in [-0.15, -0.1) is 17.0 Å². The molecular weight excluding hydrogens is 266 g/mol. The fourth-order valence-corrected chi connectivity index (χ4v) is 0.863. The van der Waals surface area contributed by atoms with E-state index in [0.717, 1.165) is 0 Å². The van der Waals surface area contributed by atoms with E-state index >= 15 is 0 Å². The van der Waals surface area contributed by atoms with Crippen LogP contribution in [0.5, 0.6) is 0 Å². The molecule has 2 N–H and O–H groups in total. The van der Waals surface area contributed by atoms with Crippen molar-refractivity contribution in [3.8, 4) is 0 Å². The van der Waals surface area contributed by atoms with Crippen LogP contribution in [0, 0.1) is 5.92 Å². The lowest BCUT2D eigenvalue weighted by Gasteiger charge is -2.16. The van der Waals surface area contributed by atoms with Crippen LogP contribution >= 0.6 is 17.0 Å². The molecule has 0 aliphatic carbocycles. The maximum absolute atomic E-state index is 11.2. The Labute approximate surface area is 100 Å². The second kappa shape index (κ2) is 8.67. The molecule has 6 heteroatoms. The number of halogens is 1. The average molecular weight is 284 g/mol. The summed E-state index contributed by atoms with van der Waals surface area (Å²) in [5, 5.41) is 0. The Morgan fingerprint density at radius 3 is 1.93 bits per heavy atom. The molecule has 0 saturated heterocycles. The van der Waals surface area contributed by atoms with Crippen LogP contribution in [0.1, 0.15) is 20.8 Å². The van der Waals surface area contributed by atoms with Crippen LogP contribution in [0.3, 0.4) is 0 Å². The van der Waals surface area contributed by atoms with Gasteiger partial charge >= 0.3 is 11.9 Å². The van der Waals surface area contributed by atoms with Crippen molar-refractivity contribution in [1.29, 1.82) is 0 Å². The number of hydrogen-bond acceptors (Lipinski definition) is 5. The van der Waals surface area contributed by atoms with Crippen molar-refractivity contribution in [2.45, 2.75) is 26.8 Å². The first kappa shape index (κ1) is 16.8. The molecule has 0 aromatic carbocycles. The maximum atomic E-state index is 11.2. The number of nitrogens with two attached hydrogens (primary N) is 1. The smallest absolute Gasteiger partial charge is 0.323 e.